The van der Waals surface area contributed by atoms with E-state index >= 15 is 0 Å². The lowest BCUT2D eigenvalue weighted by Gasteiger charge is -2.24. The quantitative estimate of drug-likeness (QED) is 0.359. The highest BCUT2D eigenvalue weighted by Gasteiger charge is 2.23. The number of hydrogen-bond donors (Lipinski definition) is 3. The predicted molar refractivity (Wildman–Crippen MR) is 132 cm³/mol. The van der Waals surface area contributed by atoms with E-state index in [2.05, 4.69) is 4.98 Å². The number of aliphatic hydroxyl groups is 1. The number of hydrogen-bond acceptors (Lipinski definition) is 9. The number of pyridine rings is 1. The van der Waals surface area contributed by atoms with Crippen LogP contribution in [0.25, 0.3) is 11.1 Å². The molecule has 0 saturated carbocycles. The second-order valence-corrected chi connectivity index (χ2v) is 8.53. The van der Waals surface area contributed by atoms with Gasteiger partial charge in [-0.05, 0) is 73.1 Å². The molecule has 1 heterocycles. The van der Waals surface area contributed by atoms with E-state index in [4.69, 9.17) is 19.9 Å². The van der Waals surface area contributed by atoms with Crippen molar-refractivity contribution in [3.05, 3.63) is 36.0 Å². The molecule has 0 spiro atoms. The van der Waals surface area contributed by atoms with Crippen molar-refractivity contribution in [1.29, 1.82) is 0 Å². The number of phenols is 1. The lowest BCUT2D eigenvalue weighted by atomic mass is 9.93. The second-order valence-electron chi connectivity index (χ2n) is 8.53. The first-order valence-electron chi connectivity index (χ1n) is 11.8. The van der Waals surface area contributed by atoms with E-state index in [1.807, 2.05) is 6.92 Å². The molecule has 4 N–H and O–H groups in total. The van der Waals surface area contributed by atoms with Gasteiger partial charge in [0.05, 0.1) is 13.2 Å². The van der Waals surface area contributed by atoms with Gasteiger partial charge in [0, 0.05) is 26.5 Å². The molecule has 2 aromatic rings. The Hall–Kier alpha value is -3.33. The Morgan fingerprint density at radius 2 is 1.71 bits per heavy atom. The zero-order valence-corrected chi connectivity index (χ0v) is 20.8. The van der Waals surface area contributed by atoms with Gasteiger partial charge in [-0.1, -0.05) is 6.92 Å². The standard InChI is InChI=1S/C26H36N2O7/c1-5-20(31)7-9-22(35-17(3)30)14-21(34-16(2)29)8-6-18-12-25(33-4)24(32)15-23(18)19-10-11-28-26(27)13-19/h10-13,15,20-22,31-32H,5-9,14H2,1-4H3,(H2,27,28)/t20-,21+,22-/m0/s1. The summed E-state index contributed by atoms with van der Waals surface area (Å²) >= 11 is 0. The summed E-state index contributed by atoms with van der Waals surface area (Å²) in [6.45, 7) is 4.55. The van der Waals surface area contributed by atoms with E-state index in [0.717, 1.165) is 16.7 Å². The number of anilines is 1. The van der Waals surface area contributed by atoms with E-state index < -0.39 is 30.3 Å². The van der Waals surface area contributed by atoms with Crippen LogP contribution in [0, 0.1) is 0 Å². The van der Waals surface area contributed by atoms with Crippen molar-refractivity contribution < 1.29 is 34.0 Å². The van der Waals surface area contributed by atoms with Crippen LogP contribution in [0.2, 0.25) is 0 Å². The van der Waals surface area contributed by atoms with Gasteiger partial charge in [-0.3, -0.25) is 9.59 Å². The van der Waals surface area contributed by atoms with Gasteiger partial charge in [0.2, 0.25) is 0 Å². The molecule has 0 aliphatic heterocycles. The van der Waals surface area contributed by atoms with Crippen molar-refractivity contribution in [3.8, 4) is 22.6 Å². The minimum Gasteiger partial charge on any atom is -0.504 e. The minimum atomic E-state index is -0.522. The van der Waals surface area contributed by atoms with Crippen LogP contribution in [0.5, 0.6) is 11.5 Å². The Morgan fingerprint density at radius 3 is 2.29 bits per heavy atom. The van der Waals surface area contributed by atoms with E-state index in [1.54, 1.807) is 30.5 Å². The van der Waals surface area contributed by atoms with Gasteiger partial charge in [0.15, 0.2) is 11.5 Å². The molecule has 0 amide bonds. The number of aliphatic hydroxyl groups excluding tert-OH is 1. The molecule has 1 aromatic carbocycles. The number of benzene rings is 1. The van der Waals surface area contributed by atoms with Crippen LogP contribution >= 0.6 is 0 Å². The van der Waals surface area contributed by atoms with Crippen molar-refractivity contribution in [1.82, 2.24) is 4.98 Å². The molecule has 0 aliphatic carbocycles. The molecular formula is C26H36N2O7. The average molecular weight is 489 g/mol. The molecule has 3 atom stereocenters. The Morgan fingerprint density at radius 1 is 1.06 bits per heavy atom. The summed E-state index contributed by atoms with van der Waals surface area (Å²) in [5, 5.41) is 20.3. The van der Waals surface area contributed by atoms with Crippen LogP contribution in [0.1, 0.15) is 58.4 Å². The summed E-state index contributed by atoms with van der Waals surface area (Å²) in [4.78, 5) is 27.5. The lowest BCUT2D eigenvalue weighted by Crippen LogP contribution is -2.28. The van der Waals surface area contributed by atoms with Crippen LogP contribution in [0.4, 0.5) is 5.82 Å². The Kier molecular flexibility index (Phi) is 10.8. The highest BCUT2D eigenvalue weighted by molar-refractivity contribution is 5.72. The average Bonchev–Trinajstić information content (AvgIpc) is 2.80. The largest absolute Gasteiger partial charge is 0.504 e. The van der Waals surface area contributed by atoms with E-state index in [0.29, 0.717) is 50.1 Å². The highest BCUT2D eigenvalue weighted by Crippen LogP contribution is 2.36. The van der Waals surface area contributed by atoms with E-state index in [1.165, 1.54) is 21.0 Å². The lowest BCUT2D eigenvalue weighted by molar-refractivity contribution is -0.153. The highest BCUT2D eigenvalue weighted by atomic mass is 16.6. The third-order valence-corrected chi connectivity index (χ3v) is 5.72. The molecule has 9 nitrogen and oxygen atoms in total. The number of aromatic hydroxyl groups is 1. The zero-order valence-electron chi connectivity index (χ0n) is 20.8. The summed E-state index contributed by atoms with van der Waals surface area (Å²) in [5.41, 5.74) is 8.24. The number of ether oxygens (including phenoxy) is 3. The number of nitrogen functional groups attached to an aromatic ring is 1. The second kappa shape index (κ2) is 13.5. The number of phenolic OH excluding ortho intramolecular Hbond substituents is 1. The Bertz CT molecular complexity index is 996. The number of rotatable bonds is 13. The third-order valence-electron chi connectivity index (χ3n) is 5.72. The molecule has 9 heteroatoms. The molecule has 0 radical (unpaired) electrons. The summed E-state index contributed by atoms with van der Waals surface area (Å²) in [7, 11) is 1.47. The van der Waals surface area contributed by atoms with Crippen LogP contribution in [-0.2, 0) is 25.5 Å². The fraction of sp³-hybridized carbons (Fsp3) is 0.500. The fourth-order valence-electron chi connectivity index (χ4n) is 3.98. The SMILES string of the molecule is CC[C@H](O)CC[C@@H](C[C@@H](CCc1cc(OC)c(O)cc1-c1ccnc(N)c1)OC(C)=O)OC(C)=O. The van der Waals surface area contributed by atoms with E-state index in [9.17, 15) is 19.8 Å². The van der Waals surface area contributed by atoms with Gasteiger partial charge in [-0.15, -0.1) is 0 Å². The molecule has 2 rings (SSSR count). The Balaban J connectivity index is 2.28. The number of aromatic nitrogens is 1. The van der Waals surface area contributed by atoms with Crippen LogP contribution in [0.3, 0.4) is 0 Å². The molecule has 1 aromatic heterocycles. The molecule has 35 heavy (non-hydrogen) atoms. The first-order chi connectivity index (χ1) is 16.6. The summed E-state index contributed by atoms with van der Waals surface area (Å²) in [5.74, 6) is -0.206. The molecule has 0 unspecified atom stereocenters. The number of nitrogens with two attached hydrogens (primary N) is 1. The summed E-state index contributed by atoms with van der Waals surface area (Å²) < 4.78 is 16.3. The first kappa shape index (κ1) is 27.9. The van der Waals surface area contributed by atoms with E-state index in [-0.39, 0.29) is 5.75 Å². The topological polar surface area (TPSA) is 141 Å². The fourth-order valence-corrected chi connectivity index (χ4v) is 3.98. The predicted octanol–water partition coefficient (Wildman–Crippen LogP) is 3.78. The molecule has 0 fully saturated rings. The third kappa shape index (κ3) is 9.09. The van der Waals surface area contributed by atoms with Crippen molar-refractivity contribution in [2.45, 2.75) is 77.6 Å². The monoisotopic (exact) mass is 488 g/mol. The van der Waals surface area contributed by atoms with Crippen molar-refractivity contribution >= 4 is 17.8 Å². The minimum absolute atomic E-state index is 0.0115. The molecule has 192 valence electrons. The molecule has 0 saturated heterocycles. The van der Waals surface area contributed by atoms with Gasteiger partial charge in [0.1, 0.15) is 18.0 Å². The zero-order chi connectivity index (χ0) is 26.0. The maximum Gasteiger partial charge on any atom is 0.302 e. The number of methoxy groups -OCH3 is 1. The van der Waals surface area contributed by atoms with Gasteiger partial charge >= 0.3 is 11.9 Å². The first-order valence-corrected chi connectivity index (χ1v) is 11.8. The number of esters is 2. The van der Waals surface area contributed by atoms with Crippen LogP contribution in [0.15, 0.2) is 30.5 Å². The molecular weight excluding hydrogens is 452 g/mol. The molecule has 0 bridgehead atoms. The van der Waals surface area contributed by atoms with Crippen molar-refractivity contribution in [2.24, 2.45) is 0 Å². The van der Waals surface area contributed by atoms with Gasteiger partial charge < -0.3 is 30.2 Å². The number of nitrogens with zero attached hydrogens (tertiary/aromatic N) is 1. The van der Waals surface area contributed by atoms with Crippen molar-refractivity contribution in [3.63, 3.8) is 0 Å². The normalized spacial score (nSPS) is 13.5. The van der Waals surface area contributed by atoms with Gasteiger partial charge in [0.25, 0.3) is 0 Å². The number of aryl methyl sites for hydroxylation is 1. The maximum atomic E-state index is 11.8. The summed E-state index contributed by atoms with van der Waals surface area (Å²) in [6.07, 6.45) is 2.85. The number of carbonyl (C=O) groups excluding carboxylic acids is 2. The van der Waals surface area contributed by atoms with Crippen molar-refractivity contribution in [2.75, 3.05) is 12.8 Å². The summed E-state index contributed by atoms with van der Waals surface area (Å²) in [6, 6.07) is 6.86. The molecule has 0 aliphatic rings. The van der Waals surface area contributed by atoms with Crippen LogP contribution < -0.4 is 10.5 Å². The smallest absolute Gasteiger partial charge is 0.302 e. The maximum absolute atomic E-state index is 11.8. The Labute approximate surface area is 206 Å². The van der Waals surface area contributed by atoms with Gasteiger partial charge in [-0.2, -0.15) is 0 Å². The number of carbonyl (C=O) groups is 2. The van der Waals surface area contributed by atoms with Gasteiger partial charge in [-0.25, -0.2) is 4.98 Å². The van der Waals surface area contributed by atoms with Crippen LogP contribution in [-0.4, -0.2) is 52.6 Å².